The number of aliphatic hydroxyl groups is 1. The molecule has 1 heterocycles. The van der Waals surface area contributed by atoms with Gasteiger partial charge in [-0.25, -0.2) is 0 Å². The topological polar surface area (TPSA) is 55.5 Å². The van der Waals surface area contributed by atoms with E-state index < -0.39 is 5.60 Å². The molecule has 0 aliphatic carbocycles. The highest BCUT2D eigenvalue weighted by Crippen LogP contribution is 2.20. The summed E-state index contributed by atoms with van der Waals surface area (Å²) in [5, 5.41) is 8.77. The van der Waals surface area contributed by atoms with Gasteiger partial charge in [-0.3, -0.25) is 0 Å². The number of ether oxygens (including phenoxy) is 1. The van der Waals surface area contributed by atoms with Crippen LogP contribution in [0.5, 0.6) is 0 Å². The Morgan fingerprint density at radius 1 is 1.78 bits per heavy atom. The van der Waals surface area contributed by atoms with Crippen LogP contribution in [0.25, 0.3) is 0 Å². The predicted octanol–water partition coefficient (Wildman–Crippen LogP) is -0.390. The average Bonchev–Trinajstić information content (AvgIpc) is 2.36. The first-order valence-corrected chi connectivity index (χ1v) is 2.97. The number of hydrogen-bond donors (Lipinski definition) is 2. The smallest absolute Gasteiger partial charge is 0.147 e. The zero-order valence-electron chi connectivity index (χ0n) is 5.21. The molecular formula is C6H11NO2. The van der Waals surface area contributed by atoms with Gasteiger partial charge in [0.15, 0.2) is 0 Å². The van der Waals surface area contributed by atoms with Crippen molar-refractivity contribution in [3.8, 4) is 0 Å². The van der Waals surface area contributed by atoms with Crippen LogP contribution in [-0.2, 0) is 4.74 Å². The lowest BCUT2D eigenvalue weighted by Crippen LogP contribution is -2.40. The maximum atomic E-state index is 8.77. The molecule has 0 radical (unpaired) electrons. The van der Waals surface area contributed by atoms with Crippen molar-refractivity contribution in [1.29, 1.82) is 0 Å². The molecule has 0 saturated heterocycles. The van der Waals surface area contributed by atoms with E-state index in [0.717, 1.165) is 6.42 Å². The van der Waals surface area contributed by atoms with E-state index in [1.807, 2.05) is 6.08 Å². The minimum absolute atomic E-state index is 0.00347. The van der Waals surface area contributed by atoms with Crippen molar-refractivity contribution in [2.45, 2.75) is 12.0 Å². The zero-order valence-corrected chi connectivity index (χ0v) is 5.21. The summed E-state index contributed by atoms with van der Waals surface area (Å²) in [5.74, 6) is 0. The largest absolute Gasteiger partial charge is 0.491 e. The Kier molecular flexibility index (Phi) is 1.73. The molecule has 1 atom stereocenters. The fraction of sp³-hybridized carbons (Fsp3) is 0.667. The lowest BCUT2D eigenvalue weighted by atomic mass is 10.0. The Labute approximate surface area is 54.1 Å². The van der Waals surface area contributed by atoms with Crippen molar-refractivity contribution in [2.75, 3.05) is 13.2 Å². The number of nitrogens with two attached hydrogens (primary N) is 1. The van der Waals surface area contributed by atoms with Crippen molar-refractivity contribution in [1.82, 2.24) is 0 Å². The van der Waals surface area contributed by atoms with E-state index in [1.54, 1.807) is 6.26 Å². The number of rotatable bonds is 2. The second-order valence-electron chi connectivity index (χ2n) is 2.24. The molecule has 3 heteroatoms. The van der Waals surface area contributed by atoms with Crippen LogP contribution in [0.4, 0.5) is 0 Å². The van der Waals surface area contributed by atoms with E-state index >= 15 is 0 Å². The molecular weight excluding hydrogens is 118 g/mol. The third-order valence-electron chi connectivity index (χ3n) is 1.56. The first-order valence-electron chi connectivity index (χ1n) is 2.97. The maximum absolute atomic E-state index is 8.77. The lowest BCUT2D eigenvalue weighted by Gasteiger charge is -2.23. The van der Waals surface area contributed by atoms with Crippen LogP contribution in [0, 0.1) is 0 Å². The quantitative estimate of drug-likeness (QED) is 0.534. The normalized spacial score (nSPS) is 32.7. The second kappa shape index (κ2) is 2.37. The van der Waals surface area contributed by atoms with E-state index in [9.17, 15) is 0 Å². The summed E-state index contributed by atoms with van der Waals surface area (Å²) in [7, 11) is 0. The van der Waals surface area contributed by atoms with Crippen molar-refractivity contribution < 1.29 is 9.84 Å². The minimum Gasteiger partial charge on any atom is -0.491 e. The molecule has 0 aromatic heterocycles. The summed E-state index contributed by atoms with van der Waals surface area (Å²) in [6.45, 7) is 0.368. The van der Waals surface area contributed by atoms with Crippen LogP contribution in [-0.4, -0.2) is 23.9 Å². The molecule has 52 valence electrons. The molecule has 3 nitrogen and oxygen atoms in total. The fourth-order valence-electron chi connectivity index (χ4n) is 0.801. The van der Waals surface area contributed by atoms with Crippen molar-refractivity contribution in [3.63, 3.8) is 0 Å². The number of aliphatic hydroxyl groups excluding tert-OH is 1. The SMILES string of the molecule is NCC1(CO)CC=CO1. The third-order valence-corrected chi connectivity index (χ3v) is 1.56. The maximum Gasteiger partial charge on any atom is 0.147 e. The molecule has 1 aliphatic heterocycles. The molecule has 0 fully saturated rings. The van der Waals surface area contributed by atoms with Crippen LogP contribution in [0.15, 0.2) is 12.3 Å². The Morgan fingerprint density at radius 2 is 2.56 bits per heavy atom. The molecule has 0 saturated carbocycles. The zero-order chi connectivity index (χ0) is 6.74. The van der Waals surface area contributed by atoms with E-state index in [2.05, 4.69) is 0 Å². The van der Waals surface area contributed by atoms with Crippen LogP contribution < -0.4 is 5.73 Å². The molecule has 0 aromatic carbocycles. The summed E-state index contributed by atoms with van der Waals surface area (Å²) in [4.78, 5) is 0. The Bertz CT molecular complexity index is 108. The number of hydrogen-bond acceptors (Lipinski definition) is 3. The van der Waals surface area contributed by atoms with Crippen molar-refractivity contribution in [2.24, 2.45) is 5.73 Å². The van der Waals surface area contributed by atoms with Gasteiger partial charge >= 0.3 is 0 Å². The van der Waals surface area contributed by atoms with E-state index in [0.29, 0.717) is 6.54 Å². The molecule has 0 spiro atoms. The highest BCUT2D eigenvalue weighted by Gasteiger charge is 2.30. The molecule has 1 aliphatic rings. The molecule has 1 rings (SSSR count). The predicted molar refractivity (Wildman–Crippen MR) is 33.7 cm³/mol. The molecule has 0 bridgehead atoms. The highest BCUT2D eigenvalue weighted by molar-refractivity contribution is 4.98. The standard InChI is InChI=1S/C6H11NO2/c7-4-6(5-8)2-1-3-9-6/h1,3,8H,2,4-5,7H2. The van der Waals surface area contributed by atoms with Gasteiger partial charge in [-0.15, -0.1) is 0 Å². The van der Waals surface area contributed by atoms with E-state index in [-0.39, 0.29) is 6.61 Å². The van der Waals surface area contributed by atoms with Gasteiger partial charge in [-0.1, -0.05) is 0 Å². The van der Waals surface area contributed by atoms with Gasteiger partial charge in [0.2, 0.25) is 0 Å². The van der Waals surface area contributed by atoms with Crippen LogP contribution in [0.1, 0.15) is 6.42 Å². The minimum atomic E-state index is -0.500. The van der Waals surface area contributed by atoms with E-state index in [4.69, 9.17) is 15.6 Å². The Balaban J connectivity index is 2.50. The summed E-state index contributed by atoms with van der Waals surface area (Å²) in [6.07, 6.45) is 4.17. The van der Waals surface area contributed by atoms with Gasteiger partial charge < -0.3 is 15.6 Å². The van der Waals surface area contributed by atoms with Crippen molar-refractivity contribution in [3.05, 3.63) is 12.3 Å². The third kappa shape index (κ3) is 1.06. The molecule has 9 heavy (non-hydrogen) atoms. The van der Waals surface area contributed by atoms with Gasteiger partial charge in [-0.2, -0.15) is 0 Å². The van der Waals surface area contributed by atoms with Gasteiger partial charge in [-0.05, 0) is 6.08 Å². The summed E-state index contributed by atoms with van der Waals surface area (Å²) >= 11 is 0. The van der Waals surface area contributed by atoms with Crippen LogP contribution >= 0.6 is 0 Å². The van der Waals surface area contributed by atoms with Gasteiger partial charge in [0.05, 0.1) is 12.9 Å². The first kappa shape index (κ1) is 6.58. The van der Waals surface area contributed by atoms with Crippen LogP contribution in [0.3, 0.4) is 0 Å². The first-order chi connectivity index (χ1) is 4.33. The Hall–Kier alpha value is -0.540. The summed E-state index contributed by atoms with van der Waals surface area (Å²) in [6, 6.07) is 0. The van der Waals surface area contributed by atoms with E-state index in [1.165, 1.54) is 0 Å². The van der Waals surface area contributed by atoms with Gasteiger partial charge in [0.1, 0.15) is 5.60 Å². The molecule has 1 unspecified atom stereocenters. The van der Waals surface area contributed by atoms with Gasteiger partial charge in [0, 0.05) is 13.0 Å². The summed E-state index contributed by atoms with van der Waals surface area (Å²) < 4.78 is 5.08. The average molecular weight is 129 g/mol. The van der Waals surface area contributed by atoms with Crippen LogP contribution in [0.2, 0.25) is 0 Å². The Morgan fingerprint density at radius 3 is 2.78 bits per heavy atom. The highest BCUT2D eigenvalue weighted by atomic mass is 16.5. The fourth-order valence-corrected chi connectivity index (χ4v) is 0.801. The summed E-state index contributed by atoms with van der Waals surface area (Å²) in [5.41, 5.74) is 4.85. The lowest BCUT2D eigenvalue weighted by molar-refractivity contribution is -0.00107. The molecule has 0 amide bonds. The van der Waals surface area contributed by atoms with Crippen molar-refractivity contribution >= 4 is 0 Å². The monoisotopic (exact) mass is 129 g/mol. The molecule has 0 aromatic rings. The van der Waals surface area contributed by atoms with Gasteiger partial charge in [0.25, 0.3) is 0 Å². The second-order valence-corrected chi connectivity index (χ2v) is 2.24. The molecule has 3 N–H and O–H groups in total.